The molecule has 0 saturated heterocycles. The first-order valence-electron chi connectivity index (χ1n) is 6.75. The SMILES string of the molecule is Cn1c(CSc2ccc(Cl)cc2)nc2cc(C(F)(F)F)ccc21. The van der Waals surface area contributed by atoms with Crippen LogP contribution in [0.1, 0.15) is 11.4 Å². The molecule has 0 spiro atoms. The third-order valence-corrected chi connectivity index (χ3v) is 4.74. The maximum absolute atomic E-state index is 12.8. The van der Waals surface area contributed by atoms with Crippen molar-refractivity contribution >= 4 is 34.4 Å². The second-order valence-electron chi connectivity index (χ2n) is 5.03. The van der Waals surface area contributed by atoms with Crippen LogP contribution in [-0.2, 0) is 19.0 Å². The standard InChI is InChI=1S/C16H12ClF3N2S/c1-22-14-7-2-10(16(18,19)20)8-13(14)21-15(22)9-23-12-5-3-11(17)4-6-12/h2-8H,9H2,1H3. The fourth-order valence-corrected chi connectivity index (χ4v) is 3.24. The normalized spacial score (nSPS) is 12.0. The molecular formula is C16H12ClF3N2S. The number of fused-ring (bicyclic) bond motifs is 1. The minimum atomic E-state index is -4.36. The van der Waals surface area contributed by atoms with Crippen molar-refractivity contribution in [2.24, 2.45) is 7.05 Å². The predicted molar refractivity (Wildman–Crippen MR) is 86.7 cm³/mol. The van der Waals surface area contributed by atoms with Crippen LogP contribution in [0.15, 0.2) is 47.4 Å². The third-order valence-electron chi connectivity index (χ3n) is 3.48. The van der Waals surface area contributed by atoms with Crippen LogP contribution in [0.5, 0.6) is 0 Å². The third kappa shape index (κ3) is 3.48. The van der Waals surface area contributed by atoms with E-state index < -0.39 is 11.7 Å². The van der Waals surface area contributed by atoms with E-state index in [4.69, 9.17) is 11.6 Å². The largest absolute Gasteiger partial charge is 0.416 e. The van der Waals surface area contributed by atoms with Crippen molar-refractivity contribution in [3.8, 4) is 0 Å². The molecule has 0 aliphatic rings. The number of aryl methyl sites for hydroxylation is 1. The summed E-state index contributed by atoms with van der Waals surface area (Å²) in [5.74, 6) is 1.29. The van der Waals surface area contributed by atoms with Crippen molar-refractivity contribution in [2.45, 2.75) is 16.8 Å². The number of aromatic nitrogens is 2. The summed E-state index contributed by atoms with van der Waals surface area (Å²) in [4.78, 5) is 5.36. The molecule has 0 radical (unpaired) electrons. The highest BCUT2D eigenvalue weighted by Gasteiger charge is 2.30. The van der Waals surface area contributed by atoms with E-state index in [0.717, 1.165) is 22.9 Å². The molecule has 0 unspecified atom stereocenters. The molecule has 1 heterocycles. The molecule has 2 nitrogen and oxygen atoms in total. The first kappa shape index (κ1) is 16.2. The van der Waals surface area contributed by atoms with Crippen LogP contribution in [0.2, 0.25) is 5.02 Å². The fraction of sp³-hybridized carbons (Fsp3) is 0.188. The van der Waals surface area contributed by atoms with E-state index in [1.807, 2.05) is 16.7 Å². The molecule has 0 aliphatic heterocycles. The lowest BCUT2D eigenvalue weighted by Crippen LogP contribution is -2.04. The number of hydrogen-bond donors (Lipinski definition) is 0. The van der Waals surface area contributed by atoms with Crippen molar-refractivity contribution in [3.63, 3.8) is 0 Å². The Balaban J connectivity index is 1.86. The zero-order chi connectivity index (χ0) is 16.6. The molecule has 0 atom stereocenters. The van der Waals surface area contributed by atoms with Gasteiger partial charge in [-0.3, -0.25) is 0 Å². The van der Waals surface area contributed by atoms with Gasteiger partial charge >= 0.3 is 6.18 Å². The van der Waals surface area contributed by atoms with E-state index in [0.29, 0.717) is 21.8 Å². The molecule has 23 heavy (non-hydrogen) atoms. The Bertz CT molecular complexity index is 841. The summed E-state index contributed by atoms with van der Waals surface area (Å²) >= 11 is 7.40. The Kier molecular flexibility index (Phi) is 4.29. The van der Waals surface area contributed by atoms with Crippen molar-refractivity contribution < 1.29 is 13.2 Å². The number of benzene rings is 2. The van der Waals surface area contributed by atoms with Gasteiger partial charge in [-0.15, -0.1) is 11.8 Å². The van der Waals surface area contributed by atoms with E-state index in [-0.39, 0.29) is 0 Å². The summed E-state index contributed by atoms with van der Waals surface area (Å²) in [7, 11) is 1.81. The van der Waals surface area contributed by atoms with Crippen molar-refractivity contribution in [1.29, 1.82) is 0 Å². The Labute approximate surface area is 140 Å². The van der Waals surface area contributed by atoms with Crippen molar-refractivity contribution in [2.75, 3.05) is 0 Å². The second kappa shape index (κ2) is 6.09. The first-order valence-corrected chi connectivity index (χ1v) is 8.12. The smallest absolute Gasteiger partial charge is 0.330 e. The van der Waals surface area contributed by atoms with Crippen LogP contribution in [0, 0.1) is 0 Å². The Morgan fingerprint density at radius 3 is 2.48 bits per heavy atom. The second-order valence-corrected chi connectivity index (χ2v) is 6.52. The lowest BCUT2D eigenvalue weighted by atomic mass is 10.2. The molecule has 120 valence electrons. The summed E-state index contributed by atoms with van der Waals surface area (Å²) in [6, 6.07) is 11.0. The number of rotatable bonds is 3. The van der Waals surface area contributed by atoms with Gasteiger partial charge in [0.15, 0.2) is 0 Å². The monoisotopic (exact) mass is 356 g/mol. The zero-order valence-electron chi connectivity index (χ0n) is 12.1. The van der Waals surface area contributed by atoms with Gasteiger partial charge in [-0.1, -0.05) is 11.6 Å². The maximum Gasteiger partial charge on any atom is 0.416 e. The molecule has 0 N–H and O–H groups in total. The predicted octanol–water partition coefficient (Wildman–Crippen LogP) is 5.54. The van der Waals surface area contributed by atoms with Gasteiger partial charge < -0.3 is 4.57 Å². The average molecular weight is 357 g/mol. The van der Waals surface area contributed by atoms with Crippen molar-refractivity contribution in [1.82, 2.24) is 9.55 Å². The molecule has 0 fully saturated rings. The summed E-state index contributed by atoms with van der Waals surface area (Å²) in [6.45, 7) is 0. The lowest BCUT2D eigenvalue weighted by molar-refractivity contribution is -0.137. The van der Waals surface area contributed by atoms with Crippen LogP contribution in [0.4, 0.5) is 13.2 Å². The minimum Gasteiger partial charge on any atom is -0.330 e. The number of imidazole rings is 1. The summed E-state index contributed by atoms with van der Waals surface area (Å²) < 4.78 is 40.1. The van der Waals surface area contributed by atoms with Gasteiger partial charge in [0.1, 0.15) is 5.82 Å². The summed E-state index contributed by atoms with van der Waals surface area (Å²) in [5, 5.41) is 0.664. The molecule has 0 bridgehead atoms. The van der Waals surface area contributed by atoms with E-state index in [1.165, 1.54) is 6.07 Å². The van der Waals surface area contributed by atoms with Crippen molar-refractivity contribution in [3.05, 3.63) is 58.9 Å². The molecule has 3 aromatic rings. The molecule has 0 amide bonds. The van der Waals surface area contributed by atoms with Gasteiger partial charge in [0.2, 0.25) is 0 Å². The van der Waals surface area contributed by atoms with Gasteiger partial charge in [0.25, 0.3) is 0 Å². The van der Waals surface area contributed by atoms with E-state index in [2.05, 4.69) is 4.98 Å². The Morgan fingerprint density at radius 2 is 1.83 bits per heavy atom. The molecule has 1 aromatic heterocycles. The molecule has 0 aliphatic carbocycles. The van der Waals surface area contributed by atoms with Crippen LogP contribution in [0.25, 0.3) is 11.0 Å². The Hall–Kier alpha value is -1.66. The molecule has 3 rings (SSSR count). The van der Waals surface area contributed by atoms with Gasteiger partial charge in [-0.2, -0.15) is 13.2 Å². The number of hydrogen-bond acceptors (Lipinski definition) is 2. The van der Waals surface area contributed by atoms with Crippen LogP contribution >= 0.6 is 23.4 Å². The lowest BCUT2D eigenvalue weighted by Gasteiger charge is -2.06. The van der Waals surface area contributed by atoms with E-state index in [9.17, 15) is 13.2 Å². The van der Waals surface area contributed by atoms with E-state index >= 15 is 0 Å². The van der Waals surface area contributed by atoms with Crippen LogP contribution < -0.4 is 0 Å². The maximum atomic E-state index is 12.8. The van der Waals surface area contributed by atoms with Gasteiger partial charge in [0.05, 0.1) is 22.3 Å². The minimum absolute atomic E-state index is 0.356. The topological polar surface area (TPSA) is 17.8 Å². The Morgan fingerprint density at radius 1 is 1.13 bits per heavy atom. The number of alkyl halides is 3. The molecular weight excluding hydrogens is 345 g/mol. The zero-order valence-corrected chi connectivity index (χ0v) is 13.6. The molecule has 0 saturated carbocycles. The highest BCUT2D eigenvalue weighted by Crippen LogP contribution is 2.32. The summed E-state index contributed by atoms with van der Waals surface area (Å²) in [6.07, 6.45) is -4.36. The first-order chi connectivity index (χ1) is 10.8. The number of halogens is 4. The highest BCUT2D eigenvalue weighted by atomic mass is 35.5. The molecule has 2 aromatic carbocycles. The van der Waals surface area contributed by atoms with Gasteiger partial charge in [-0.05, 0) is 42.5 Å². The van der Waals surface area contributed by atoms with E-state index in [1.54, 1.807) is 30.9 Å². The molecule has 7 heteroatoms. The number of thioether (sulfide) groups is 1. The quantitative estimate of drug-likeness (QED) is 0.573. The fourth-order valence-electron chi connectivity index (χ4n) is 2.23. The van der Waals surface area contributed by atoms with Crippen LogP contribution in [0.3, 0.4) is 0 Å². The van der Waals surface area contributed by atoms with Gasteiger partial charge in [0, 0.05) is 17.0 Å². The van der Waals surface area contributed by atoms with Gasteiger partial charge in [-0.25, -0.2) is 4.98 Å². The average Bonchev–Trinajstić information content (AvgIpc) is 2.82. The summed E-state index contributed by atoms with van der Waals surface area (Å²) in [5.41, 5.74) is 0.360. The van der Waals surface area contributed by atoms with Crippen LogP contribution in [-0.4, -0.2) is 9.55 Å². The highest BCUT2D eigenvalue weighted by molar-refractivity contribution is 7.98. The number of nitrogens with zero attached hydrogens (tertiary/aromatic N) is 2.